The molecule has 0 radical (unpaired) electrons. The molecule has 0 atom stereocenters. The molecular formula is C60H41N. The molecule has 0 unspecified atom stereocenters. The third-order valence-electron chi connectivity index (χ3n) is 9.01. The van der Waals surface area contributed by atoms with Crippen LogP contribution in [0.4, 0.5) is 17.1 Å². The average Bonchev–Trinajstić information content (AvgIpc) is 0.712. The van der Waals surface area contributed by atoms with Crippen molar-refractivity contribution in [2.45, 2.75) is 0 Å². The summed E-state index contributed by atoms with van der Waals surface area (Å²) < 4.78 is 373. The zero-order chi connectivity index (χ0) is 76.2. The molecule has 0 N–H and O–H groups in total. The second kappa shape index (κ2) is 15.6. The second-order valence-corrected chi connectivity index (χ2v) is 12.5. The number of fused-ring (bicyclic) bond motifs is 3. The van der Waals surface area contributed by atoms with Crippen molar-refractivity contribution >= 4 is 49.4 Å². The molecule has 0 aliphatic heterocycles. The quantitative estimate of drug-likeness (QED) is 0.148. The van der Waals surface area contributed by atoms with Gasteiger partial charge in [0.1, 0.15) is 0 Å². The first-order valence-electron chi connectivity index (χ1n) is 38.2. The van der Waals surface area contributed by atoms with Crippen molar-refractivity contribution in [1.82, 2.24) is 0 Å². The Morgan fingerprint density at radius 2 is 0.590 bits per heavy atom. The molecule has 11 aromatic carbocycles. The number of anilines is 3. The summed E-state index contributed by atoms with van der Waals surface area (Å²) in [5, 5.41) is -4.58. The Balaban J connectivity index is 1.30. The lowest BCUT2D eigenvalue weighted by Gasteiger charge is -2.26. The lowest BCUT2D eigenvalue weighted by Crippen LogP contribution is -2.09. The Bertz CT molecular complexity index is 5620. The van der Waals surface area contributed by atoms with Crippen molar-refractivity contribution in [2.24, 2.45) is 0 Å². The molecule has 61 heavy (non-hydrogen) atoms. The summed E-state index contributed by atoms with van der Waals surface area (Å²) in [6.45, 7) is 0. The average molecular weight is 817 g/mol. The van der Waals surface area contributed by atoms with Crippen LogP contribution < -0.4 is 4.90 Å². The summed E-state index contributed by atoms with van der Waals surface area (Å²) in [6, 6.07) is -47.5. The molecule has 0 spiro atoms. The highest BCUT2D eigenvalue weighted by Gasteiger charge is 2.17. The van der Waals surface area contributed by atoms with Crippen LogP contribution in [-0.2, 0) is 0 Å². The van der Waals surface area contributed by atoms with Crippen molar-refractivity contribution in [2.75, 3.05) is 4.90 Å². The van der Waals surface area contributed by atoms with Crippen molar-refractivity contribution in [3.63, 3.8) is 0 Å². The Morgan fingerprint density at radius 3 is 1.11 bits per heavy atom. The van der Waals surface area contributed by atoms with Gasteiger partial charge in [-0.15, -0.1) is 0 Å². The maximum absolute atomic E-state index is 9.95. The summed E-state index contributed by atoms with van der Waals surface area (Å²) in [7, 11) is 0. The zero-order valence-corrected chi connectivity index (χ0v) is 30.4. The van der Waals surface area contributed by atoms with Gasteiger partial charge in [0.15, 0.2) is 0 Å². The monoisotopic (exact) mass is 817 g/mol. The van der Waals surface area contributed by atoms with Gasteiger partial charge in [-0.2, -0.15) is 0 Å². The van der Waals surface area contributed by atoms with Gasteiger partial charge >= 0.3 is 0 Å². The van der Waals surface area contributed by atoms with Gasteiger partial charge in [-0.05, 0) is 124 Å². The molecule has 0 aromatic heterocycles. The molecule has 0 fully saturated rings. The summed E-state index contributed by atoms with van der Waals surface area (Å²) in [5.41, 5.74) is -14.1. The molecule has 0 saturated heterocycles. The van der Waals surface area contributed by atoms with Crippen molar-refractivity contribution in [3.8, 4) is 55.6 Å². The summed E-state index contributed by atoms with van der Waals surface area (Å²) in [6.07, 6.45) is 0. The zero-order valence-electron chi connectivity index (χ0n) is 71.4. The Morgan fingerprint density at radius 1 is 0.230 bits per heavy atom. The maximum atomic E-state index is 9.95. The van der Waals surface area contributed by atoms with Gasteiger partial charge < -0.3 is 4.90 Å². The minimum atomic E-state index is -1.51. The van der Waals surface area contributed by atoms with Gasteiger partial charge in [0.05, 0.1) is 56.2 Å². The van der Waals surface area contributed by atoms with E-state index < -0.39 is 353 Å². The van der Waals surface area contributed by atoms with Crippen molar-refractivity contribution in [1.29, 1.82) is 0 Å². The highest BCUT2D eigenvalue weighted by Crippen LogP contribution is 2.42. The van der Waals surface area contributed by atoms with Crippen LogP contribution in [0.5, 0.6) is 0 Å². The number of rotatable bonds is 8. The minimum absolute atomic E-state index is 0.146. The van der Waals surface area contributed by atoms with Crippen LogP contribution in [0.1, 0.15) is 56.2 Å². The summed E-state index contributed by atoms with van der Waals surface area (Å²) in [5.74, 6) is 0. The van der Waals surface area contributed by atoms with Crippen LogP contribution in [0, 0.1) is 0 Å². The van der Waals surface area contributed by atoms with Crippen LogP contribution in [0.3, 0.4) is 0 Å². The van der Waals surface area contributed by atoms with Gasteiger partial charge in [-0.3, -0.25) is 0 Å². The van der Waals surface area contributed by atoms with E-state index in [1.807, 2.05) is 0 Å². The maximum Gasteiger partial charge on any atom is 0.0645 e. The van der Waals surface area contributed by atoms with Crippen molar-refractivity contribution in [3.05, 3.63) is 248 Å². The van der Waals surface area contributed by atoms with Gasteiger partial charge in [0, 0.05) is 17.1 Å². The Labute approximate surface area is 414 Å². The van der Waals surface area contributed by atoms with Crippen LogP contribution in [0.25, 0.3) is 88.0 Å². The van der Waals surface area contributed by atoms with E-state index in [0.29, 0.717) is 0 Å². The van der Waals surface area contributed by atoms with E-state index in [0.717, 1.165) is 0 Å². The highest BCUT2D eigenvalue weighted by atomic mass is 15.1. The van der Waals surface area contributed by atoms with E-state index >= 15 is 0 Å². The first kappa shape index (κ1) is 13.3. The fourth-order valence-corrected chi connectivity index (χ4v) is 6.24. The second-order valence-electron chi connectivity index (χ2n) is 12.5. The molecule has 11 aromatic rings. The lowest BCUT2D eigenvalue weighted by atomic mass is 9.89. The standard InChI is InChI=1S/C60H41N/c1-2-12-46(13-3-1)59-41-34-47-16-6-9-21-58(47)60(59)50-32-39-53(40-33-50)61(52-37-30-49(31-38-52)57-23-11-18-45-15-5-8-20-55(45)57)51-35-28-43(29-36-51)42-24-26-48(27-25-42)56-22-10-17-44-14-4-7-19-54(44)56/h1-41H/i1D,2D,3D,4D,5D,6D,7D,8D,9D,10D,11D,12D,13D,14D,15D,16D,17D,18D,19D,20D,21D,22D,23D,24D,25D,26D,27D,28D,29D,30D,31D,32D,33D,34D,35D,36D,37D,38D,39D,40D,41D. The number of nitrogens with zero attached hydrogens (tertiary/aromatic N) is 1. The number of benzene rings is 11. The fourth-order valence-electron chi connectivity index (χ4n) is 6.24. The summed E-state index contributed by atoms with van der Waals surface area (Å²) in [4.78, 5) is 0.146. The van der Waals surface area contributed by atoms with Crippen molar-refractivity contribution < 1.29 is 56.2 Å². The van der Waals surface area contributed by atoms with Gasteiger partial charge in [-0.1, -0.05) is 211 Å². The topological polar surface area (TPSA) is 3.24 Å². The predicted octanol–water partition coefficient (Wildman–Crippen LogP) is 17.0. The Hall–Kier alpha value is -8.00. The van der Waals surface area contributed by atoms with E-state index in [1.165, 1.54) is 0 Å². The molecule has 1 nitrogen and oxygen atoms in total. The number of hydrogen-bond acceptors (Lipinski definition) is 1. The smallest absolute Gasteiger partial charge is 0.0645 e. The molecular weight excluding hydrogens is 735 g/mol. The van der Waals surface area contributed by atoms with Gasteiger partial charge in [-0.25, -0.2) is 0 Å². The normalized spacial score (nSPS) is 20.7. The largest absolute Gasteiger partial charge is 0.311 e. The molecule has 1 heteroatoms. The van der Waals surface area contributed by atoms with E-state index in [9.17, 15) is 24.7 Å². The molecule has 0 amide bonds. The van der Waals surface area contributed by atoms with Crippen LogP contribution >= 0.6 is 0 Å². The van der Waals surface area contributed by atoms with Gasteiger partial charge in [0.25, 0.3) is 0 Å². The lowest BCUT2D eigenvalue weighted by molar-refractivity contribution is 1.28. The van der Waals surface area contributed by atoms with Gasteiger partial charge in [0.2, 0.25) is 0 Å². The van der Waals surface area contributed by atoms with Crippen LogP contribution in [0.15, 0.2) is 248 Å². The van der Waals surface area contributed by atoms with Crippen LogP contribution in [-0.4, -0.2) is 0 Å². The van der Waals surface area contributed by atoms with Crippen LogP contribution in [0.2, 0.25) is 0 Å². The number of hydrogen-bond donors (Lipinski definition) is 0. The minimum Gasteiger partial charge on any atom is -0.311 e. The SMILES string of the molecule is [2H]c1c([2H])c([2H])c(-c2c([2H])c([2H])c3c([2H])c([2H])c([2H])c([2H])c3c2-c2c([2H])c([2H])c(N(c3c([2H])c([2H])c(-c4c([2H])c([2H])c(-c5c([2H])c([2H])c([2H])c6c([2H])c([2H])c([2H])c([2H])c56)c([2H])c4[2H])c([2H])c3[2H])c3c([2H])c([2H])c(-c4c([2H])c([2H])c([2H])c5c([2H])c([2H])c([2H])c([2H])c45)c([2H])c3[2H])c([2H])c2[2H])c([2H])c1[2H]. The highest BCUT2D eigenvalue weighted by molar-refractivity contribution is 6.04. The third-order valence-corrected chi connectivity index (χ3v) is 9.01. The van der Waals surface area contributed by atoms with E-state index in [-0.39, 0.29) is 4.90 Å². The molecule has 286 valence electrons. The van der Waals surface area contributed by atoms with E-state index in [2.05, 4.69) is 0 Å². The van der Waals surface area contributed by atoms with E-state index in [1.54, 1.807) is 0 Å². The molecule has 0 aliphatic carbocycles. The molecule has 11 rings (SSSR count). The summed E-state index contributed by atoms with van der Waals surface area (Å²) >= 11 is 0. The Kier molecular flexibility index (Phi) is 3.40. The molecule has 0 bridgehead atoms. The third kappa shape index (κ3) is 6.83. The molecule has 0 aliphatic rings. The first-order valence-corrected chi connectivity index (χ1v) is 17.7. The first-order chi connectivity index (χ1) is 47.3. The predicted molar refractivity (Wildman–Crippen MR) is 261 cm³/mol. The van der Waals surface area contributed by atoms with E-state index in [4.69, 9.17) is 31.5 Å². The molecule has 0 heterocycles. The fraction of sp³-hybridized carbons (Fsp3) is 0. The molecule has 0 saturated carbocycles.